The number of hydrogen-bond acceptors (Lipinski definition) is 6. The average molecular weight is 312 g/mol. The van der Waals surface area contributed by atoms with Crippen LogP contribution in [0.3, 0.4) is 0 Å². The van der Waals surface area contributed by atoms with Crippen molar-refractivity contribution in [2.45, 2.75) is 30.8 Å². The molecule has 1 aromatic rings. The lowest BCUT2D eigenvalue weighted by Gasteiger charge is -2.08. The molecule has 7 heteroatoms. The summed E-state index contributed by atoms with van der Waals surface area (Å²) >= 11 is 0. The van der Waals surface area contributed by atoms with Gasteiger partial charge in [-0.3, -0.25) is 4.79 Å². The molecule has 2 rings (SSSR count). The van der Waals surface area contributed by atoms with Gasteiger partial charge < -0.3 is 9.47 Å². The summed E-state index contributed by atoms with van der Waals surface area (Å²) in [6.45, 7) is 2.08. The molecule has 6 nitrogen and oxygen atoms in total. The molecule has 1 aliphatic rings. The lowest BCUT2D eigenvalue weighted by molar-refractivity contribution is -0.159. The number of aryl methyl sites for hydroxylation is 1. The van der Waals surface area contributed by atoms with Crippen LogP contribution in [0.2, 0.25) is 0 Å². The smallest absolute Gasteiger partial charge is 0.347 e. The SMILES string of the molecule is Cc1ccc(S(=O)(=O)CCC(=O)O[C@@H]2CCOC2=O)cc1. The molecule has 1 aliphatic heterocycles. The van der Waals surface area contributed by atoms with Crippen molar-refractivity contribution in [3.05, 3.63) is 29.8 Å². The van der Waals surface area contributed by atoms with E-state index in [9.17, 15) is 18.0 Å². The fraction of sp³-hybridized carbons (Fsp3) is 0.429. The van der Waals surface area contributed by atoms with Crippen LogP contribution in [-0.2, 0) is 28.9 Å². The highest BCUT2D eigenvalue weighted by molar-refractivity contribution is 7.91. The first-order valence-corrected chi connectivity index (χ1v) is 8.19. The van der Waals surface area contributed by atoms with Gasteiger partial charge in [-0.15, -0.1) is 0 Å². The largest absolute Gasteiger partial charge is 0.463 e. The quantitative estimate of drug-likeness (QED) is 0.754. The van der Waals surface area contributed by atoms with E-state index >= 15 is 0 Å². The first-order valence-electron chi connectivity index (χ1n) is 6.54. The second-order valence-electron chi connectivity index (χ2n) is 4.82. The van der Waals surface area contributed by atoms with E-state index in [2.05, 4.69) is 4.74 Å². The minimum absolute atomic E-state index is 0.168. The number of cyclic esters (lactones) is 1. The highest BCUT2D eigenvalue weighted by Gasteiger charge is 2.30. The topological polar surface area (TPSA) is 86.7 Å². The van der Waals surface area contributed by atoms with E-state index in [1.807, 2.05) is 6.92 Å². The van der Waals surface area contributed by atoms with Crippen LogP contribution in [-0.4, -0.2) is 38.8 Å². The van der Waals surface area contributed by atoms with Crippen molar-refractivity contribution in [2.24, 2.45) is 0 Å². The van der Waals surface area contributed by atoms with Crippen molar-refractivity contribution < 1.29 is 27.5 Å². The van der Waals surface area contributed by atoms with Crippen molar-refractivity contribution in [1.29, 1.82) is 0 Å². The molecular formula is C14H16O6S. The Morgan fingerprint density at radius 2 is 2.00 bits per heavy atom. The van der Waals surface area contributed by atoms with Gasteiger partial charge in [0.15, 0.2) is 9.84 Å². The number of carbonyl (C=O) groups is 2. The monoisotopic (exact) mass is 312 g/mol. The normalized spacial score (nSPS) is 18.3. The highest BCUT2D eigenvalue weighted by atomic mass is 32.2. The summed E-state index contributed by atoms with van der Waals surface area (Å²) in [6.07, 6.45) is -0.880. The summed E-state index contributed by atoms with van der Waals surface area (Å²) in [5.41, 5.74) is 0.952. The molecule has 0 bridgehead atoms. The van der Waals surface area contributed by atoms with Gasteiger partial charge in [0.2, 0.25) is 6.10 Å². The molecule has 0 N–H and O–H groups in total. The van der Waals surface area contributed by atoms with Crippen LogP contribution in [0.4, 0.5) is 0 Å². The van der Waals surface area contributed by atoms with Gasteiger partial charge in [-0.25, -0.2) is 13.2 Å². The zero-order valence-electron chi connectivity index (χ0n) is 11.6. The fourth-order valence-corrected chi connectivity index (χ4v) is 3.10. The van der Waals surface area contributed by atoms with E-state index in [1.54, 1.807) is 12.1 Å². The van der Waals surface area contributed by atoms with E-state index in [1.165, 1.54) is 12.1 Å². The molecule has 0 amide bonds. The predicted octanol–water partition coefficient (Wildman–Crippen LogP) is 1.02. The first kappa shape index (κ1) is 15.5. The molecule has 1 fully saturated rings. The Balaban J connectivity index is 1.90. The third kappa shape index (κ3) is 4.04. The van der Waals surface area contributed by atoms with Gasteiger partial charge >= 0.3 is 11.9 Å². The van der Waals surface area contributed by atoms with Gasteiger partial charge in [-0.1, -0.05) is 17.7 Å². The molecule has 0 aromatic heterocycles. The van der Waals surface area contributed by atoms with Gasteiger partial charge in [0, 0.05) is 6.42 Å². The van der Waals surface area contributed by atoms with Gasteiger partial charge in [0.1, 0.15) is 0 Å². The van der Waals surface area contributed by atoms with Crippen LogP contribution < -0.4 is 0 Å². The number of carbonyl (C=O) groups excluding carboxylic acids is 2. The molecule has 0 aliphatic carbocycles. The predicted molar refractivity (Wildman–Crippen MR) is 73.3 cm³/mol. The molecule has 114 valence electrons. The zero-order chi connectivity index (χ0) is 15.5. The van der Waals surface area contributed by atoms with Gasteiger partial charge in [-0.2, -0.15) is 0 Å². The maximum absolute atomic E-state index is 12.1. The number of hydrogen-bond donors (Lipinski definition) is 0. The van der Waals surface area contributed by atoms with Crippen LogP contribution in [0, 0.1) is 6.92 Å². The lowest BCUT2D eigenvalue weighted by atomic mass is 10.2. The summed E-state index contributed by atoms with van der Waals surface area (Å²) < 4.78 is 33.7. The second-order valence-corrected chi connectivity index (χ2v) is 6.93. The Hall–Kier alpha value is -1.89. The van der Waals surface area contributed by atoms with Gasteiger partial charge in [0.05, 0.1) is 23.7 Å². The maximum atomic E-state index is 12.1. The van der Waals surface area contributed by atoms with Crippen molar-refractivity contribution in [3.63, 3.8) is 0 Å². The molecule has 0 saturated carbocycles. The summed E-state index contributed by atoms with van der Waals surface area (Å²) in [5.74, 6) is -1.64. The Bertz CT molecular complexity index is 632. The summed E-state index contributed by atoms with van der Waals surface area (Å²) in [5, 5.41) is 0. The standard InChI is InChI=1S/C14H16O6S/c1-10-2-4-11(5-3-10)21(17,18)9-7-13(15)20-12-6-8-19-14(12)16/h2-5,12H,6-9H2,1H3/t12-/m1/s1. The molecule has 1 aromatic carbocycles. The van der Waals surface area contributed by atoms with Crippen LogP contribution in [0.5, 0.6) is 0 Å². The number of esters is 2. The summed E-state index contributed by atoms with van der Waals surface area (Å²) in [4.78, 5) is 22.9. The minimum Gasteiger partial charge on any atom is -0.463 e. The molecule has 1 atom stereocenters. The molecule has 0 unspecified atom stereocenters. The van der Waals surface area contributed by atoms with E-state index in [4.69, 9.17) is 4.74 Å². The molecule has 1 heterocycles. The summed E-state index contributed by atoms with van der Waals surface area (Å²) in [7, 11) is -3.54. The fourth-order valence-electron chi connectivity index (χ4n) is 1.88. The molecule has 21 heavy (non-hydrogen) atoms. The minimum atomic E-state index is -3.54. The van der Waals surface area contributed by atoms with E-state index in [0.717, 1.165) is 5.56 Å². The Morgan fingerprint density at radius 3 is 2.57 bits per heavy atom. The lowest BCUT2D eigenvalue weighted by Crippen LogP contribution is -2.24. The Morgan fingerprint density at radius 1 is 1.33 bits per heavy atom. The second kappa shape index (κ2) is 6.26. The van der Waals surface area contributed by atoms with Crippen LogP contribution in [0.1, 0.15) is 18.4 Å². The number of ether oxygens (including phenoxy) is 2. The third-order valence-corrected chi connectivity index (χ3v) is 4.85. The van der Waals surface area contributed by atoms with Crippen LogP contribution >= 0.6 is 0 Å². The van der Waals surface area contributed by atoms with Crippen molar-refractivity contribution in [3.8, 4) is 0 Å². The van der Waals surface area contributed by atoms with Crippen molar-refractivity contribution in [2.75, 3.05) is 12.4 Å². The van der Waals surface area contributed by atoms with Crippen LogP contribution in [0.25, 0.3) is 0 Å². The average Bonchev–Trinajstić information content (AvgIpc) is 2.83. The number of benzene rings is 1. The number of sulfone groups is 1. The third-order valence-electron chi connectivity index (χ3n) is 3.12. The van der Waals surface area contributed by atoms with Crippen molar-refractivity contribution in [1.82, 2.24) is 0 Å². The first-order chi connectivity index (χ1) is 9.88. The molecule has 0 spiro atoms. The van der Waals surface area contributed by atoms with Crippen LogP contribution in [0.15, 0.2) is 29.2 Å². The molecular weight excluding hydrogens is 296 g/mol. The Labute approximate surface area is 123 Å². The van der Waals surface area contributed by atoms with E-state index in [-0.39, 0.29) is 23.7 Å². The van der Waals surface area contributed by atoms with Gasteiger partial charge in [0.25, 0.3) is 0 Å². The van der Waals surface area contributed by atoms with Gasteiger partial charge in [-0.05, 0) is 19.1 Å². The zero-order valence-corrected chi connectivity index (χ0v) is 12.4. The highest BCUT2D eigenvalue weighted by Crippen LogP contribution is 2.15. The van der Waals surface area contributed by atoms with Crippen molar-refractivity contribution >= 4 is 21.8 Å². The number of rotatable bonds is 5. The molecule has 0 radical (unpaired) electrons. The maximum Gasteiger partial charge on any atom is 0.347 e. The molecule has 1 saturated heterocycles. The van der Waals surface area contributed by atoms with E-state index in [0.29, 0.717) is 6.42 Å². The summed E-state index contributed by atoms with van der Waals surface area (Å²) in [6, 6.07) is 6.40. The Kier molecular flexibility index (Phi) is 4.62. The van der Waals surface area contributed by atoms with E-state index < -0.39 is 27.9 Å².